The summed E-state index contributed by atoms with van der Waals surface area (Å²) in [7, 11) is 4.86. The van der Waals surface area contributed by atoms with E-state index in [1.807, 2.05) is 32.0 Å². The summed E-state index contributed by atoms with van der Waals surface area (Å²) >= 11 is 0. The number of amides is 2. The van der Waals surface area contributed by atoms with E-state index in [0.29, 0.717) is 104 Å². The zero-order valence-corrected chi connectivity index (χ0v) is 52.1. The lowest BCUT2D eigenvalue weighted by Crippen LogP contribution is -2.49. The fourth-order valence-corrected chi connectivity index (χ4v) is 8.60. The van der Waals surface area contributed by atoms with Gasteiger partial charge in [0.25, 0.3) is 5.91 Å². The van der Waals surface area contributed by atoms with E-state index < -0.39 is 11.9 Å². The third-order valence-corrected chi connectivity index (χ3v) is 13.3. The molecule has 2 rings (SSSR count). The molecule has 2 aromatic carbocycles. The largest absolute Gasteiger partial charge is 0.493 e. The Balaban J connectivity index is 2.27. The SMILES string of the molecule is CCCCCCCCCCCCOc1cc(CNC(=O)[C@@H](NC(=O)c2cc(OCCOCCOCCOC)c(OCCOCCOCCOC)c(OCCOCCOCCOC)c2)C(C)C)cc(OCCCCCCCCCCCC)c1. The monoisotopic (exact) mass is 1160 g/mol. The number of hydrogen-bond donors (Lipinski definition) is 2. The number of rotatable bonds is 60. The Morgan fingerprint density at radius 2 is 0.732 bits per heavy atom. The molecule has 0 fully saturated rings. The van der Waals surface area contributed by atoms with Crippen molar-refractivity contribution < 1.29 is 75.9 Å². The predicted molar refractivity (Wildman–Crippen MR) is 323 cm³/mol. The maximum absolute atomic E-state index is 14.4. The molecule has 18 nitrogen and oxygen atoms in total. The minimum atomic E-state index is -0.894. The second-order valence-corrected chi connectivity index (χ2v) is 20.8. The van der Waals surface area contributed by atoms with E-state index in [-0.39, 0.29) is 80.8 Å². The third-order valence-electron chi connectivity index (χ3n) is 13.3. The number of unbranched alkanes of at least 4 members (excludes halogenated alkanes) is 18. The third kappa shape index (κ3) is 39.5. The van der Waals surface area contributed by atoms with E-state index in [9.17, 15) is 9.59 Å². The van der Waals surface area contributed by atoms with Crippen LogP contribution in [0.4, 0.5) is 0 Å². The van der Waals surface area contributed by atoms with Gasteiger partial charge < -0.3 is 76.9 Å². The minimum absolute atomic E-state index is 0.120. The van der Waals surface area contributed by atoms with Gasteiger partial charge in [0.15, 0.2) is 11.5 Å². The van der Waals surface area contributed by atoms with Gasteiger partial charge in [0.2, 0.25) is 11.7 Å². The van der Waals surface area contributed by atoms with Crippen molar-refractivity contribution in [3.05, 3.63) is 41.5 Å². The van der Waals surface area contributed by atoms with Crippen LogP contribution in [-0.4, -0.2) is 171 Å². The summed E-state index contributed by atoms with van der Waals surface area (Å²) in [5.74, 6) is 1.06. The van der Waals surface area contributed by atoms with Crippen LogP contribution in [0.3, 0.4) is 0 Å². The summed E-state index contributed by atoms with van der Waals surface area (Å²) in [5, 5.41) is 6.10. The van der Waals surface area contributed by atoms with Gasteiger partial charge in [0, 0.05) is 39.5 Å². The molecule has 0 radical (unpaired) electrons. The van der Waals surface area contributed by atoms with E-state index >= 15 is 0 Å². The number of hydrogen-bond acceptors (Lipinski definition) is 16. The first kappa shape index (κ1) is 74.1. The summed E-state index contributed by atoms with van der Waals surface area (Å²) in [5.41, 5.74) is 1.03. The highest BCUT2D eigenvalue weighted by atomic mass is 16.6. The van der Waals surface area contributed by atoms with Gasteiger partial charge in [-0.15, -0.1) is 0 Å². The van der Waals surface area contributed by atoms with Crippen LogP contribution in [-0.2, 0) is 54.0 Å². The fourth-order valence-electron chi connectivity index (χ4n) is 8.60. The molecule has 2 aromatic rings. The zero-order chi connectivity index (χ0) is 59.2. The Kier molecular flexibility index (Phi) is 48.6. The topological polar surface area (TPSA) is 187 Å². The molecule has 0 saturated carbocycles. The van der Waals surface area contributed by atoms with E-state index in [0.717, 1.165) is 31.2 Å². The summed E-state index contributed by atoms with van der Waals surface area (Å²) in [4.78, 5) is 28.6. The number of nitrogens with one attached hydrogen (secondary N) is 2. The first-order chi connectivity index (χ1) is 40.3. The highest BCUT2D eigenvalue weighted by Crippen LogP contribution is 2.39. The highest BCUT2D eigenvalue weighted by molar-refractivity contribution is 5.98. The Bertz CT molecular complexity index is 1720. The fraction of sp³-hybridized carbons (Fsp3) is 0.781. The first-order valence-corrected chi connectivity index (χ1v) is 31.3. The number of ether oxygens (including phenoxy) is 14. The molecule has 2 amide bonds. The molecule has 0 saturated heterocycles. The van der Waals surface area contributed by atoms with Crippen molar-refractivity contribution >= 4 is 11.8 Å². The molecule has 0 aliphatic rings. The number of carbonyl (C=O) groups excluding carboxylic acids is 2. The molecule has 18 heteroatoms. The van der Waals surface area contributed by atoms with Crippen LogP contribution in [0.25, 0.3) is 0 Å². The standard InChI is InChI=1S/C64H112N2O16/c1-8-10-12-14-16-18-20-22-24-26-28-78-57-48-55(49-58(52-57)79-29-27-25-23-21-19-17-15-13-11-9-2)53-65-64(68)61(54(3)4)66-63(67)56-50-59(80-45-42-75-39-36-72-33-30-69-5)62(82-47-44-77-41-38-74-35-32-71-7)60(51-56)81-46-43-76-40-37-73-34-31-70-6/h48-52,54,61H,8-47,53H2,1-7H3,(H,65,68)(H,66,67)/t61-/m0/s1. The van der Waals surface area contributed by atoms with Crippen LogP contribution in [0, 0.1) is 5.92 Å². The lowest BCUT2D eigenvalue weighted by molar-refractivity contribution is -0.124. The molecular weight excluding hydrogens is 1050 g/mol. The molecule has 0 aliphatic carbocycles. The molecule has 1 atom stereocenters. The predicted octanol–water partition coefficient (Wildman–Crippen LogP) is 11.5. The van der Waals surface area contributed by atoms with Crippen molar-refractivity contribution in [3.8, 4) is 28.7 Å². The Morgan fingerprint density at radius 3 is 1.10 bits per heavy atom. The van der Waals surface area contributed by atoms with Crippen LogP contribution in [0.2, 0.25) is 0 Å². The van der Waals surface area contributed by atoms with Gasteiger partial charge in [0.05, 0.1) is 112 Å². The van der Waals surface area contributed by atoms with Gasteiger partial charge in [-0.05, 0) is 48.6 Å². The second kappa shape index (κ2) is 53.7. The lowest BCUT2D eigenvalue weighted by atomic mass is 10.0. The molecule has 0 heterocycles. The smallest absolute Gasteiger partial charge is 0.252 e. The molecule has 0 bridgehead atoms. The normalized spacial score (nSPS) is 11.8. The van der Waals surface area contributed by atoms with Crippen molar-refractivity contribution in [1.29, 1.82) is 0 Å². The van der Waals surface area contributed by atoms with E-state index in [2.05, 4.69) is 24.5 Å². The van der Waals surface area contributed by atoms with Gasteiger partial charge in [-0.1, -0.05) is 143 Å². The van der Waals surface area contributed by atoms with Crippen LogP contribution < -0.4 is 34.3 Å². The van der Waals surface area contributed by atoms with Crippen LogP contribution in [0.15, 0.2) is 30.3 Å². The molecule has 0 spiro atoms. The molecule has 474 valence electrons. The number of carbonyl (C=O) groups is 2. The van der Waals surface area contributed by atoms with E-state index in [4.69, 9.17) is 66.3 Å². The average Bonchev–Trinajstić information content (AvgIpc) is 3.64. The molecule has 0 aliphatic heterocycles. The molecule has 82 heavy (non-hydrogen) atoms. The molecule has 0 aromatic heterocycles. The molecular formula is C64H112N2O16. The maximum atomic E-state index is 14.4. The first-order valence-electron chi connectivity index (χ1n) is 31.3. The highest BCUT2D eigenvalue weighted by Gasteiger charge is 2.27. The summed E-state index contributed by atoms with van der Waals surface area (Å²) < 4.78 is 80.5. The van der Waals surface area contributed by atoms with E-state index in [1.165, 1.54) is 103 Å². The van der Waals surface area contributed by atoms with Gasteiger partial charge in [-0.25, -0.2) is 0 Å². The number of methoxy groups -OCH3 is 3. The van der Waals surface area contributed by atoms with Crippen molar-refractivity contribution in [2.45, 2.75) is 169 Å². The Hall–Kier alpha value is -3.98. The molecule has 2 N–H and O–H groups in total. The Morgan fingerprint density at radius 1 is 0.390 bits per heavy atom. The van der Waals surface area contributed by atoms with Crippen molar-refractivity contribution in [2.75, 3.05) is 153 Å². The van der Waals surface area contributed by atoms with Gasteiger partial charge >= 0.3 is 0 Å². The quantitative estimate of drug-likeness (QED) is 0.0595. The van der Waals surface area contributed by atoms with E-state index in [1.54, 1.807) is 33.5 Å². The summed E-state index contributed by atoms with van der Waals surface area (Å²) in [6.45, 7) is 15.9. The van der Waals surface area contributed by atoms with Crippen LogP contribution >= 0.6 is 0 Å². The van der Waals surface area contributed by atoms with Crippen molar-refractivity contribution in [3.63, 3.8) is 0 Å². The van der Waals surface area contributed by atoms with Crippen LogP contribution in [0.5, 0.6) is 28.7 Å². The Labute approximate surface area is 494 Å². The summed E-state index contributed by atoms with van der Waals surface area (Å²) in [6.07, 6.45) is 25.0. The summed E-state index contributed by atoms with van der Waals surface area (Å²) in [6, 6.07) is 8.16. The van der Waals surface area contributed by atoms with Crippen molar-refractivity contribution in [1.82, 2.24) is 10.6 Å². The molecule has 0 unspecified atom stereocenters. The lowest BCUT2D eigenvalue weighted by Gasteiger charge is -2.23. The van der Waals surface area contributed by atoms with Crippen LogP contribution in [0.1, 0.15) is 172 Å². The maximum Gasteiger partial charge on any atom is 0.252 e. The minimum Gasteiger partial charge on any atom is -0.493 e. The van der Waals surface area contributed by atoms with Gasteiger partial charge in [-0.2, -0.15) is 0 Å². The van der Waals surface area contributed by atoms with Gasteiger partial charge in [-0.3, -0.25) is 9.59 Å². The average molecular weight is 1170 g/mol. The second-order valence-electron chi connectivity index (χ2n) is 20.8. The zero-order valence-electron chi connectivity index (χ0n) is 52.1. The number of benzene rings is 2. The van der Waals surface area contributed by atoms with Gasteiger partial charge in [0.1, 0.15) is 37.4 Å². The van der Waals surface area contributed by atoms with Crippen molar-refractivity contribution in [2.24, 2.45) is 5.92 Å².